The molecule has 0 aliphatic heterocycles. The highest BCUT2D eigenvalue weighted by molar-refractivity contribution is 5.70. The van der Waals surface area contributed by atoms with Crippen molar-refractivity contribution in [3.8, 4) is 0 Å². The number of hydrogen-bond acceptors (Lipinski definition) is 5. The number of benzene rings is 1. The van der Waals surface area contributed by atoms with Crippen LogP contribution in [0.2, 0.25) is 0 Å². The summed E-state index contributed by atoms with van der Waals surface area (Å²) < 4.78 is 11.4. The Kier molecular flexibility index (Phi) is 33.8. The molecule has 0 aromatic heterocycles. The number of para-hydroxylation sites is 1. The number of nitrogens with one attached hydrogen (secondary N) is 1. The molecule has 0 amide bonds. The number of rotatable bonds is 38. The smallest absolute Gasteiger partial charge is 0.306 e. The van der Waals surface area contributed by atoms with Gasteiger partial charge in [-0.15, -0.1) is 0 Å². The van der Waals surface area contributed by atoms with Crippen molar-refractivity contribution in [2.75, 3.05) is 18.5 Å². The summed E-state index contributed by atoms with van der Waals surface area (Å²) in [5.41, 5.74) is 0.958. The van der Waals surface area contributed by atoms with E-state index in [1.165, 1.54) is 167 Å². The van der Waals surface area contributed by atoms with Gasteiger partial charge in [0.05, 0.1) is 6.54 Å². The molecule has 5 heteroatoms. The first-order valence-corrected chi connectivity index (χ1v) is 21.8. The Morgan fingerprint density at radius 3 is 1.20 bits per heavy atom. The van der Waals surface area contributed by atoms with Crippen LogP contribution in [0.4, 0.5) is 5.69 Å². The molecule has 0 heterocycles. The van der Waals surface area contributed by atoms with Crippen LogP contribution in [0.3, 0.4) is 0 Å². The number of hydrogen-bond donors (Lipinski definition) is 1. The summed E-state index contributed by atoms with van der Waals surface area (Å²) in [6.45, 7) is 5.07. The van der Waals surface area contributed by atoms with Gasteiger partial charge in [-0.2, -0.15) is 0 Å². The molecule has 0 radical (unpaired) electrons. The van der Waals surface area contributed by atoms with Gasteiger partial charge in [-0.1, -0.05) is 212 Å². The number of carbonyl (C=O) groups excluding carboxylic acids is 2. The quantitative estimate of drug-likeness (QED) is 0.0550. The topological polar surface area (TPSA) is 64.6 Å². The zero-order chi connectivity index (χ0) is 36.0. The van der Waals surface area contributed by atoms with Crippen LogP contribution in [0.5, 0.6) is 0 Å². The number of anilines is 1. The molecule has 1 rings (SSSR count). The van der Waals surface area contributed by atoms with Crippen LogP contribution in [0.25, 0.3) is 0 Å². The van der Waals surface area contributed by atoms with Crippen LogP contribution >= 0.6 is 0 Å². The normalized spacial score (nSPS) is 11.8. The van der Waals surface area contributed by atoms with E-state index in [1.54, 1.807) is 0 Å². The fourth-order valence-electron chi connectivity index (χ4n) is 6.71. The fraction of sp³-hybridized carbons (Fsp3) is 0.822. The third-order valence-corrected chi connectivity index (χ3v) is 10.0. The predicted octanol–water partition coefficient (Wildman–Crippen LogP) is 14.1. The number of unbranched alkanes of at least 4 members (excludes halogenated alkanes) is 28. The fourth-order valence-corrected chi connectivity index (χ4v) is 6.71. The minimum Gasteiger partial charge on any atom is -0.462 e. The Labute approximate surface area is 310 Å². The molecule has 0 fully saturated rings. The van der Waals surface area contributed by atoms with Gasteiger partial charge in [-0.25, -0.2) is 0 Å². The molecule has 1 atom stereocenters. The third-order valence-electron chi connectivity index (χ3n) is 10.0. The van der Waals surface area contributed by atoms with Gasteiger partial charge >= 0.3 is 11.9 Å². The van der Waals surface area contributed by atoms with Crippen molar-refractivity contribution < 1.29 is 19.1 Å². The predicted molar refractivity (Wildman–Crippen MR) is 215 cm³/mol. The summed E-state index contributed by atoms with van der Waals surface area (Å²) in [5, 5.41) is 3.33. The van der Waals surface area contributed by atoms with E-state index in [9.17, 15) is 9.59 Å². The largest absolute Gasteiger partial charge is 0.462 e. The van der Waals surface area contributed by atoms with Crippen molar-refractivity contribution in [1.29, 1.82) is 0 Å². The van der Waals surface area contributed by atoms with Gasteiger partial charge in [-0.05, 0) is 25.0 Å². The van der Waals surface area contributed by atoms with Gasteiger partial charge in [0.1, 0.15) is 6.61 Å². The van der Waals surface area contributed by atoms with Crippen molar-refractivity contribution in [2.24, 2.45) is 0 Å². The molecule has 1 N–H and O–H groups in total. The summed E-state index contributed by atoms with van der Waals surface area (Å²) in [5.74, 6) is -0.388. The van der Waals surface area contributed by atoms with E-state index in [4.69, 9.17) is 9.47 Å². The highest BCUT2D eigenvalue weighted by atomic mass is 16.6. The minimum absolute atomic E-state index is 0.0992. The maximum atomic E-state index is 12.7. The Balaban J connectivity index is 2.11. The van der Waals surface area contributed by atoms with Crippen LogP contribution in [-0.4, -0.2) is 31.2 Å². The van der Waals surface area contributed by atoms with E-state index in [-0.39, 0.29) is 18.5 Å². The van der Waals surface area contributed by atoms with Gasteiger partial charge < -0.3 is 14.8 Å². The zero-order valence-electron chi connectivity index (χ0n) is 33.1. The molecule has 5 nitrogen and oxygen atoms in total. The molecule has 1 aromatic rings. The lowest BCUT2D eigenvalue weighted by Gasteiger charge is -2.19. The maximum Gasteiger partial charge on any atom is 0.306 e. The Morgan fingerprint density at radius 2 is 0.820 bits per heavy atom. The summed E-state index contributed by atoms with van der Waals surface area (Å²) in [4.78, 5) is 25.2. The Bertz CT molecular complexity index is 860. The van der Waals surface area contributed by atoms with Gasteiger partial charge in [0.25, 0.3) is 0 Å². The first-order chi connectivity index (χ1) is 24.7. The lowest BCUT2D eigenvalue weighted by molar-refractivity contribution is -0.158. The summed E-state index contributed by atoms with van der Waals surface area (Å²) in [6.07, 6.45) is 39.4. The molecule has 0 aliphatic carbocycles. The van der Waals surface area contributed by atoms with Crippen molar-refractivity contribution >= 4 is 17.6 Å². The van der Waals surface area contributed by atoms with E-state index >= 15 is 0 Å². The van der Waals surface area contributed by atoms with Gasteiger partial charge in [0.15, 0.2) is 6.10 Å². The second kappa shape index (κ2) is 36.7. The highest BCUT2D eigenvalue weighted by Gasteiger charge is 2.17. The average molecular weight is 700 g/mol. The van der Waals surface area contributed by atoms with E-state index < -0.39 is 6.10 Å². The highest BCUT2D eigenvalue weighted by Crippen LogP contribution is 2.16. The number of ether oxygens (including phenoxy) is 2. The second-order valence-electron chi connectivity index (χ2n) is 14.9. The number of carbonyl (C=O) groups is 2. The van der Waals surface area contributed by atoms with Crippen molar-refractivity contribution in [1.82, 2.24) is 0 Å². The van der Waals surface area contributed by atoms with E-state index in [0.29, 0.717) is 19.4 Å². The van der Waals surface area contributed by atoms with Crippen LogP contribution in [0.1, 0.15) is 219 Å². The molecule has 290 valence electrons. The Hall–Kier alpha value is -2.04. The molecule has 0 saturated heterocycles. The third kappa shape index (κ3) is 31.9. The van der Waals surface area contributed by atoms with E-state index in [0.717, 1.165) is 31.4 Å². The zero-order valence-corrected chi connectivity index (χ0v) is 33.1. The molecule has 1 aromatic carbocycles. The van der Waals surface area contributed by atoms with Crippen LogP contribution in [0, 0.1) is 0 Å². The molecule has 0 saturated carbocycles. The van der Waals surface area contributed by atoms with E-state index in [1.807, 2.05) is 30.3 Å². The molecule has 0 bridgehead atoms. The lowest BCUT2D eigenvalue weighted by Crippen LogP contribution is -2.31. The summed E-state index contributed by atoms with van der Waals surface area (Å²) in [7, 11) is 0. The van der Waals surface area contributed by atoms with Crippen LogP contribution in [0.15, 0.2) is 30.3 Å². The lowest BCUT2D eigenvalue weighted by atomic mass is 10.0. The molecule has 1 unspecified atom stereocenters. The minimum atomic E-state index is -0.496. The standard InChI is InChI=1S/C45H81NO4/c1-3-5-7-9-11-13-15-17-19-21-23-25-27-29-34-38-44(47)49-41-43(40-46-42-36-32-31-33-37-42)50-45(48)39-35-30-28-26-24-22-20-18-16-14-12-10-8-6-4-2/h31-33,36-37,43,46H,3-30,34-35,38-41H2,1-2H3. The maximum absolute atomic E-state index is 12.7. The van der Waals surface area contributed by atoms with Crippen molar-refractivity contribution in [3.05, 3.63) is 30.3 Å². The second-order valence-corrected chi connectivity index (χ2v) is 14.9. The Morgan fingerprint density at radius 1 is 0.480 bits per heavy atom. The molecular weight excluding hydrogens is 618 g/mol. The molecular formula is C45H81NO4. The summed E-state index contributed by atoms with van der Waals surface area (Å²) >= 11 is 0. The van der Waals surface area contributed by atoms with Crippen LogP contribution < -0.4 is 5.32 Å². The SMILES string of the molecule is CCCCCCCCCCCCCCCCCC(=O)OCC(CNc1ccccc1)OC(=O)CCCCCCCCCCCCCCCCC. The molecule has 50 heavy (non-hydrogen) atoms. The van der Waals surface area contributed by atoms with Gasteiger partial charge in [0.2, 0.25) is 0 Å². The average Bonchev–Trinajstić information content (AvgIpc) is 3.13. The van der Waals surface area contributed by atoms with E-state index in [2.05, 4.69) is 19.2 Å². The first-order valence-electron chi connectivity index (χ1n) is 21.8. The number of esters is 2. The van der Waals surface area contributed by atoms with Crippen molar-refractivity contribution in [3.63, 3.8) is 0 Å². The molecule has 0 aliphatic rings. The summed E-state index contributed by atoms with van der Waals surface area (Å²) in [6, 6.07) is 9.88. The van der Waals surface area contributed by atoms with Gasteiger partial charge in [0, 0.05) is 18.5 Å². The van der Waals surface area contributed by atoms with Crippen LogP contribution in [-0.2, 0) is 19.1 Å². The first kappa shape index (κ1) is 46.0. The van der Waals surface area contributed by atoms with Gasteiger partial charge in [-0.3, -0.25) is 9.59 Å². The van der Waals surface area contributed by atoms with Crippen molar-refractivity contribution in [2.45, 2.75) is 225 Å². The molecule has 0 spiro atoms. The monoisotopic (exact) mass is 700 g/mol.